The van der Waals surface area contributed by atoms with Crippen molar-refractivity contribution in [3.05, 3.63) is 59.6 Å². The fraction of sp³-hybridized carbons (Fsp3) is 0. The van der Waals surface area contributed by atoms with Crippen LogP contribution >= 0.6 is 0 Å². The van der Waals surface area contributed by atoms with Gasteiger partial charge in [0.15, 0.2) is 4.98 Å². The molecule has 0 spiro atoms. The molecule has 0 atom stereocenters. The van der Waals surface area contributed by atoms with Crippen LogP contribution in [0.25, 0.3) is 4.98 Å². The van der Waals surface area contributed by atoms with Gasteiger partial charge in [0.05, 0.1) is 0 Å². The maximum absolute atomic E-state index is 8.74. The van der Waals surface area contributed by atoms with Crippen molar-refractivity contribution >= 4 is 5.69 Å². The molecule has 0 fully saturated rings. The Morgan fingerprint density at radius 3 is 2.19 bits per heavy atom. The summed E-state index contributed by atoms with van der Waals surface area (Å²) in [5.41, 5.74) is 0.418. The first-order chi connectivity index (χ1) is 7.40. The molecule has 2 aromatic carbocycles. The van der Waals surface area contributed by atoms with Gasteiger partial charge in [-0.05, 0) is 18.2 Å². The van der Waals surface area contributed by atoms with Crippen molar-refractivity contribution in [2.75, 3.05) is 0 Å². The van der Waals surface area contributed by atoms with Crippen LogP contribution in [0, 0.1) is 5.39 Å². The molecule has 0 N–H and O–H groups in total. The molecule has 3 nitrogen and oxygen atoms in total. The highest BCUT2D eigenvalue weighted by molar-refractivity contribution is 5.57. The molecule has 0 radical (unpaired) electrons. The van der Waals surface area contributed by atoms with E-state index in [0.29, 0.717) is 17.2 Å². The quantitative estimate of drug-likeness (QED) is 0.724. The van der Waals surface area contributed by atoms with Crippen molar-refractivity contribution in [1.29, 1.82) is 5.39 Å². The molecule has 0 aliphatic heterocycles. The highest BCUT2D eigenvalue weighted by Gasteiger charge is 2.13. The van der Waals surface area contributed by atoms with E-state index in [9.17, 15) is 0 Å². The van der Waals surface area contributed by atoms with Gasteiger partial charge in [-0.15, -0.1) is 0 Å². The Morgan fingerprint density at radius 1 is 0.875 bits per heavy atom. The number of diazo groups is 1. The summed E-state index contributed by atoms with van der Waals surface area (Å²) >= 11 is 0. The van der Waals surface area contributed by atoms with Crippen LogP contribution in [0.3, 0.4) is 0 Å². The lowest BCUT2D eigenvalue weighted by Gasteiger charge is -2.01. The minimum atomic E-state index is 0. The highest BCUT2D eigenvalue weighted by atomic mass is 35.5. The number of ether oxygens (including phenoxy) is 1. The van der Waals surface area contributed by atoms with E-state index in [1.807, 2.05) is 36.4 Å². The van der Waals surface area contributed by atoms with Gasteiger partial charge in [-0.1, -0.05) is 30.3 Å². The van der Waals surface area contributed by atoms with Crippen LogP contribution in [-0.2, 0) is 0 Å². The third-order valence-corrected chi connectivity index (χ3v) is 1.94. The Balaban J connectivity index is 0.00000128. The van der Waals surface area contributed by atoms with E-state index >= 15 is 0 Å². The maximum atomic E-state index is 8.74. The Morgan fingerprint density at radius 2 is 1.50 bits per heavy atom. The second-order valence-electron chi connectivity index (χ2n) is 2.98. The molecule has 0 saturated carbocycles. The summed E-state index contributed by atoms with van der Waals surface area (Å²) in [6.45, 7) is 0. The molecule has 0 unspecified atom stereocenters. The molecule has 2 rings (SSSR count). The van der Waals surface area contributed by atoms with Crippen molar-refractivity contribution in [1.82, 2.24) is 0 Å². The number of benzene rings is 2. The molecule has 0 amide bonds. The van der Waals surface area contributed by atoms with Crippen LogP contribution in [0.4, 0.5) is 5.69 Å². The topological polar surface area (TPSA) is 37.4 Å². The van der Waals surface area contributed by atoms with Crippen LogP contribution in [-0.4, -0.2) is 0 Å². The molecule has 0 heterocycles. The molecule has 0 bridgehead atoms. The van der Waals surface area contributed by atoms with Gasteiger partial charge in [0.25, 0.3) is 0 Å². The van der Waals surface area contributed by atoms with Gasteiger partial charge >= 0.3 is 5.69 Å². The SMILES string of the molecule is N#[N+]c1ccccc1Oc1ccccc1.[Cl-]. The van der Waals surface area contributed by atoms with E-state index in [2.05, 4.69) is 4.98 Å². The molecular formula is C12H9ClN2O. The normalized spacial score (nSPS) is 8.69. The standard InChI is InChI=1S/C12H9N2O.ClH/c13-14-11-8-4-5-9-12(11)15-10-6-2-1-3-7-10;/h1-9H;1H/q+1;/p-1. The van der Waals surface area contributed by atoms with Gasteiger partial charge in [0.1, 0.15) is 5.75 Å². The van der Waals surface area contributed by atoms with E-state index in [0.717, 1.165) is 0 Å². The Hall–Kier alpha value is -2.05. The minimum absolute atomic E-state index is 0. The molecule has 2 aromatic rings. The van der Waals surface area contributed by atoms with Crippen LogP contribution in [0.5, 0.6) is 11.5 Å². The van der Waals surface area contributed by atoms with E-state index in [1.165, 1.54) is 0 Å². The molecule has 0 aliphatic rings. The number of rotatable bonds is 2. The van der Waals surface area contributed by atoms with E-state index in [1.54, 1.807) is 18.2 Å². The Kier molecular flexibility index (Phi) is 4.31. The molecule has 80 valence electrons. The minimum Gasteiger partial charge on any atom is -1.00 e. The summed E-state index contributed by atoms with van der Waals surface area (Å²) in [6.07, 6.45) is 0. The third kappa shape index (κ3) is 2.72. The lowest BCUT2D eigenvalue weighted by Crippen LogP contribution is -3.00. The second kappa shape index (κ2) is 5.74. The van der Waals surface area contributed by atoms with Crippen LogP contribution < -0.4 is 17.1 Å². The van der Waals surface area contributed by atoms with Gasteiger partial charge in [0.2, 0.25) is 11.1 Å². The van der Waals surface area contributed by atoms with Gasteiger partial charge < -0.3 is 17.1 Å². The summed E-state index contributed by atoms with van der Waals surface area (Å²) in [5.74, 6) is 1.25. The second-order valence-corrected chi connectivity index (χ2v) is 2.98. The fourth-order valence-corrected chi connectivity index (χ4v) is 1.24. The van der Waals surface area contributed by atoms with E-state index in [-0.39, 0.29) is 12.4 Å². The number of hydrogen-bond acceptors (Lipinski definition) is 2. The van der Waals surface area contributed by atoms with Crippen LogP contribution in [0.1, 0.15) is 0 Å². The first kappa shape index (κ1) is 12.0. The Bertz CT molecular complexity index is 494. The summed E-state index contributed by atoms with van der Waals surface area (Å²) in [4.78, 5) is 3.14. The number of halogens is 1. The number of nitrogens with zero attached hydrogens (tertiary/aromatic N) is 2. The van der Waals surface area contributed by atoms with Gasteiger partial charge in [-0.25, -0.2) is 0 Å². The van der Waals surface area contributed by atoms with Crippen molar-refractivity contribution in [3.63, 3.8) is 0 Å². The molecule has 4 heteroatoms. The van der Waals surface area contributed by atoms with Crippen molar-refractivity contribution in [2.24, 2.45) is 0 Å². The summed E-state index contributed by atoms with van der Waals surface area (Å²) < 4.78 is 5.55. The molecule has 16 heavy (non-hydrogen) atoms. The zero-order valence-electron chi connectivity index (χ0n) is 8.38. The van der Waals surface area contributed by atoms with Gasteiger partial charge in [-0.3, -0.25) is 0 Å². The zero-order valence-corrected chi connectivity index (χ0v) is 9.13. The smallest absolute Gasteiger partial charge is 0.426 e. The van der Waals surface area contributed by atoms with Gasteiger partial charge in [-0.2, -0.15) is 0 Å². The zero-order chi connectivity index (χ0) is 10.5. The summed E-state index contributed by atoms with van der Waals surface area (Å²) in [7, 11) is 0. The molecule has 0 aromatic heterocycles. The fourth-order valence-electron chi connectivity index (χ4n) is 1.24. The molecular weight excluding hydrogens is 224 g/mol. The number of hydrogen-bond donors (Lipinski definition) is 0. The third-order valence-electron chi connectivity index (χ3n) is 1.94. The van der Waals surface area contributed by atoms with E-state index < -0.39 is 0 Å². The highest BCUT2D eigenvalue weighted by Crippen LogP contribution is 2.30. The first-order valence-corrected chi connectivity index (χ1v) is 4.57. The predicted molar refractivity (Wildman–Crippen MR) is 57.7 cm³/mol. The maximum Gasteiger partial charge on any atom is 0.426 e. The first-order valence-electron chi connectivity index (χ1n) is 4.57. The van der Waals surface area contributed by atoms with Crippen molar-refractivity contribution < 1.29 is 17.1 Å². The van der Waals surface area contributed by atoms with Crippen LogP contribution in [0.15, 0.2) is 54.6 Å². The van der Waals surface area contributed by atoms with Crippen molar-refractivity contribution in [2.45, 2.75) is 0 Å². The molecule has 0 aliphatic carbocycles. The average molecular weight is 233 g/mol. The summed E-state index contributed by atoms with van der Waals surface area (Å²) in [6, 6.07) is 16.4. The lowest BCUT2D eigenvalue weighted by atomic mass is 10.3. The predicted octanol–water partition coefficient (Wildman–Crippen LogP) is 0.967. The van der Waals surface area contributed by atoms with Crippen molar-refractivity contribution in [3.8, 4) is 11.5 Å². The Labute approximate surface area is 99.7 Å². The monoisotopic (exact) mass is 232 g/mol. The average Bonchev–Trinajstić information content (AvgIpc) is 2.31. The molecule has 0 saturated heterocycles. The lowest BCUT2D eigenvalue weighted by molar-refractivity contribution is -0.00000368. The largest absolute Gasteiger partial charge is 1.00 e. The number of para-hydroxylation sites is 2. The van der Waals surface area contributed by atoms with E-state index in [4.69, 9.17) is 10.1 Å². The van der Waals surface area contributed by atoms with Crippen LogP contribution in [0.2, 0.25) is 0 Å². The summed E-state index contributed by atoms with van der Waals surface area (Å²) in [5, 5.41) is 8.74. The van der Waals surface area contributed by atoms with Gasteiger partial charge in [0, 0.05) is 6.07 Å².